The van der Waals surface area contributed by atoms with Crippen LogP contribution in [0, 0.1) is 0 Å². The van der Waals surface area contributed by atoms with Gasteiger partial charge in [0.15, 0.2) is 0 Å². The van der Waals surface area contributed by atoms with Gasteiger partial charge in [0, 0.05) is 38.4 Å². The Balaban J connectivity index is 1.57. The van der Waals surface area contributed by atoms with Crippen molar-refractivity contribution in [3.8, 4) is 0 Å². The standard InChI is InChI=1S/C18H24ClN5O3/c1-11-6-15-16(12(2)27-11)21-23(4-5-26-3)17(15)18(25)22-9-14(10-22)24-8-13(19)7-20-24/h7-8,11-12,14H,4-6,9-10H2,1-3H3/t11-,12+/m0/s1. The molecular formula is C18H24ClN5O3. The lowest BCUT2D eigenvalue weighted by Crippen LogP contribution is -2.51. The molecule has 27 heavy (non-hydrogen) atoms. The van der Waals surface area contributed by atoms with E-state index in [0.29, 0.717) is 43.4 Å². The molecule has 0 bridgehead atoms. The number of halogens is 1. The Hall–Kier alpha value is -1.90. The number of rotatable bonds is 5. The Morgan fingerprint density at radius 1 is 1.41 bits per heavy atom. The smallest absolute Gasteiger partial charge is 0.272 e. The van der Waals surface area contributed by atoms with Crippen LogP contribution in [-0.2, 0) is 22.4 Å². The molecule has 9 heteroatoms. The van der Waals surface area contributed by atoms with Gasteiger partial charge in [-0.3, -0.25) is 14.2 Å². The molecule has 2 aromatic heterocycles. The third-order valence-electron chi connectivity index (χ3n) is 5.20. The molecule has 0 aromatic carbocycles. The Labute approximate surface area is 163 Å². The molecule has 1 fully saturated rings. The van der Waals surface area contributed by atoms with Crippen LogP contribution < -0.4 is 0 Å². The van der Waals surface area contributed by atoms with E-state index in [1.165, 1.54) is 0 Å². The van der Waals surface area contributed by atoms with E-state index in [9.17, 15) is 4.79 Å². The maximum absolute atomic E-state index is 13.3. The first-order chi connectivity index (χ1) is 13.0. The summed E-state index contributed by atoms with van der Waals surface area (Å²) in [4.78, 5) is 15.1. The highest BCUT2D eigenvalue weighted by atomic mass is 35.5. The molecule has 2 aliphatic heterocycles. The molecule has 4 heterocycles. The molecule has 146 valence electrons. The summed E-state index contributed by atoms with van der Waals surface area (Å²) < 4.78 is 14.7. The number of carbonyl (C=O) groups is 1. The van der Waals surface area contributed by atoms with Crippen molar-refractivity contribution in [3.05, 3.63) is 34.4 Å². The molecule has 4 rings (SSSR count). The van der Waals surface area contributed by atoms with Crippen LogP contribution in [0.2, 0.25) is 5.02 Å². The van der Waals surface area contributed by atoms with Gasteiger partial charge in [-0.2, -0.15) is 10.2 Å². The molecule has 0 spiro atoms. The number of ether oxygens (including phenoxy) is 2. The van der Waals surface area contributed by atoms with Crippen molar-refractivity contribution in [2.45, 2.75) is 45.1 Å². The molecule has 0 radical (unpaired) electrons. The lowest BCUT2D eigenvalue weighted by Gasteiger charge is -2.39. The molecule has 2 atom stereocenters. The average Bonchev–Trinajstić information content (AvgIpc) is 3.15. The number of methoxy groups -OCH3 is 1. The zero-order valence-corrected chi connectivity index (χ0v) is 16.5. The van der Waals surface area contributed by atoms with Crippen LogP contribution in [0.5, 0.6) is 0 Å². The fourth-order valence-electron chi connectivity index (χ4n) is 3.83. The zero-order chi connectivity index (χ0) is 19.1. The van der Waals surface area contributed by atoms with Gasteiger partial charge in [-0.15, -0.1) is 0 Å². The van der Waals surface area contributed by atoms with Gasteiger partial charge in [-0.1, -0.05) is 11.6 Å². The van der Waals surface area contributed by atoms with Crippen molar-refractivity contribution in [2.75, 3.05) is 26.8 Å². The lowest BCUT2D eigenvalue weighted by molar-refractivity contribution is -0.00726. The van der Waals surface area contributed by atoms with Crippen molar-refractivity contribution >= 4 is 17.5 Å². The van der Waals surface area contributed by atoms with E-state index in [1.807, 2.05) is 23.4 Å². The Kier molecular flexibility index (Phi) is 4.96. The van der Waals surface area contributed by atoms with Gasteiger partial charge in [-0.25, -0.2) is 0 Å². The van der Waals surface area contributed by atoms with Crippen LogP contribution in [0.25, 0.3) is 0 Å². The van der Waals surface area contributed by atoms with Crippen LogP contribution >= 0.6 is 11.6 Å². The van der Waals surface area contributed by atoms with E-state index in [-0.39, 0.29) is 24.2 Å². The summed E-state index contributed by atoms with van der Waals surface area (Å²) in [7, 11) is 1.65. The lowest BCUT2D eigenvalue weighted by atomic mass is 9.98. The van der Waals surface area contributed by atoms with Gasteiger partial charge < -0.3 is 14.4 Å². The number of hydrogen-bond acceptors (Lipinski definition) is 5. The Morgan fingerprint density at radius 3 is 2.85 bits per heavy atom. The van der Waals surface area contributed by atoms with E-state index < -0.39 is 0 Å². The number of aromatic nitrogens is 4. The van der Waals surface area contributed by atoms with Crippen molar-refractivity contribution in [2.24, 2.45) is 0 Å². The largest absolute Gasteiger partial charge is 0.383 e. The maximum Gasteiger partial charge on any atom is 0.272 e. The minimum atomic E-state index is -0.116. The predicted molar refractivity (Wildman–Crippen MR) is 98.9 cm³/mol. The number of amides is 1. The van der Waals surface area contributed by atoms with E-state index in [1.54, 1.807) is 24.2 Å². The minimum absolute atomic E-state index is 0.00987. The molecule has 0 aliphatic carbocycles. The topological polar surface area (TPSA) is 74.4 Å². The second kappa shape index (κ2) is 7.26. The summed E-state index contributed by atoms with van der Waals surface area (Å²) in [5.41, 5.74) is 2.54. The van der Waals surface area contributed by atoms with E-state index in [4.69, 9.17) is 21.1 Å². The highest BCUT2D eigenvalue weighted by Crippen LogP contribution is 2.33. The van der Waals surface area contributed by atoms with E-state index in [0.717, 1.165) is 11.3 Å². The van der Waals surface area contributed by atoms with Crippen molar-refractivity contribution in [3.63, 3.8) is 0 Å². The monoisotopic (exact) mass is 393 g/mol. The first-order valence-corrected chi connectivity index (χ1v) is 9.58. The maximum atomic E-state index is 13.3. The Bertz CT molecular complexity index is 842. The van der Waals surface area contributed by atoms with Gasteiger partial charge in [0.25, 0.3) is 5.91 Å². The second-order valence-electron chi connectivity index (χ2n) is 7.22. The fraction of sp³-hybridized carbons (Fsp3) is 0.611. The summed E-state index contributed by atoms with van der Waals surface area (Å²) in [5.74, 6) is 0.00987. The van der Waals surface area contributed by atoms with Crippen molar-refractivity contribution in [1.82, 2.24) is 24.5 Å². The Morgan fingerprint density at radius 2 is 2.19 bits per heavy atom. The SMILES string of the molecule is COCCn1nc2c(c1C(=O)N1CC(n3cc(Cl)cn3)C1)C[C@H](C)O[C@@H]2C. The molecule has 2 aliphatic rings. The number of likely N-dealkylation sites (tertiary alicyclic amines) is 1. The van der Waals surface area contributed by atoms with Crippen LogP contribution in [0.15, 0.2) is 12.4 Å². The van der Waals surface area contributed by atoms with Crippen molar-refractivity contribution in [1.29, 1.82) is 0 Å². The zero-order valence-electron chi connectivity index (χ0n) is 15.8. The van der Waals surface area contributed by atoms with E-state index in [2.05, 4.69) is 10.2 Å². The quantitative estimate of drug-likeness (QED) is 0.777. The van der Waals surface area contributed by atoms with Crippen LogP contribution in [-0.4, -0.2) is 63.3 Å². The number of nitrogens with zero attached hydrogens (tertiary/aromatic N) is 5. The highest BCUT2D eigenvalue weighted by molar-refractivity contribution is 6.30. The predicted octanol–water partition coefficient (Wildman–Crippen LogP) is 2.10. The summed E-state index contributed by atoms with van der Waals surface area (Å²) >= 11 is 5.94. The van der Waals surface area contributed by atoms with E-state index >= 15 is 0 Å². The number of hydrogen-bond donors (Lipinski definition) is 0. The highest BCUT2D eigenvalue weighted by Gasteiger charge is 2.38. The van der Waals surface area contributed by atoms with Crippen LogP contribution in [0.1, 0.15) is 47.7 Å². The molecule has 0 N–H and O–H groups in total. The molecule has 1 amide bonds. The molecule has 2 aromatic rings. The first kappa shape index (κ1) is 18.5. The average molecular weight is 394 g/mol. The van der Waals surface area contributed by atoms with Crippen LogP contribution in [0.3, 0.4) is 0 Å². The summed E-state index contributed by atoms with van der Waals surface area (Å²) in [5, 5.41) is 9.52. The summed E-state index contributed by atoms with van der Waals surface area (Å²) in [6, 6.07) is 0.161. The molecular weight excluding hydrogens is 370 g/mol. The van der Waals surface area contributed by atoms with Crippen LogP contribution in [0.4, 0.5) is 0 Å². The fourth-order valence-corrected chi connectivity index (χ4v) is 3.97. The van der Waals surface area contributed by atoms with Gasteiger partial charge in [0.1, 0.15) is 5.69 Å². The first-order valence-electron chi connectivity index (χ1n) is 9.20. The molecule has 8 nitrogen and oxygen atoms in total. The van der Waals surface area contributed by atoms with Gasteiger partial charge in [-0.05, 0) is 13.8 Å². The van der Waals surface area contributed by atoms with Crippen molar-refractivity contribution < 1.29 is 14.3 Å². The third kappa shape index (κ3) is 3.37. The third-order valence-corrected chi connectivity index (χ3v) is 5.39. The number of carbonyl (C=O) groups excluding carboxylic acids is 1. The normalized spacial score (nSPS) is 22.6. The molecule has 0 saturated carbocycles. The van der Waals surface area contributed by atoms with Gasteiger partial charge in [0.05, 0.1) is 48.3 Å². The minimum Gasteiger partial charge on any atom is -0.383 e. The molecule has 0 unspecified atom stereocenters. The summed E-state index contributed by atoms with van der Waals surface area (Å²) in [6.07, 6.45) is 4.05. The summed E-state index contributed by atoms with van der Waals surface area (Å²) in [6.45, 7) is 6.28. The molecule has 1 saturated heterocycles. The van der Waals surface area contributed by atoms with Gasteiger partial charge in [0.2, 0.25) is 0 Å². The number of fused-ring (bicyclic) bond motifs is 1. The second-order valence-corrected chi connectivity index (χ2v) is 7.66. The van der Waals surface area contributed by atoms with Gasteiger partial charge >= 0.3 is 0 Å².